The lowest BCUT2D eigenvalue weighted by Crippen LogP contribution is -1.94. The molecule has 18 heavy (non-hydrogen) atoms. The van der Waals surface area contributed by atoms with Crippen molar-refractivity contribution in [2.45, 2.75) is 13.8 Å². The van der Waals surface area contributed by atoms with Crippen LogP contribution in [0.25, 0.3) is 21.2 Å². The predicted molar refractivity (Wildman–Crippen MR) is 76.4 cm³/mol. The van der Waals surface area contributed by atoms with Crippen molar-refractivity contribution in [2.24, 2.45) is 0 Å². The number of Topliss-reactive ketones (excluding diaryl/α,β-unsaturated/α-hetero) is 1. The maximum absolute atomic E-state index is 11.8. The van der Waals surface area contributed by atoms with E-state index in [0.717, 1.165) is 22.4 Å². The standard InChI is InChI=1S/C15H13NOS/c1-9-15(10(2)17)12(7-16-9)13-8-18-14-6-4-3-5-11(13)14/h3-8,16H,1-2H3. The molecule has 0 amide bonds. The molecule has 0 fully saturated rings. The third-order valence-corrected chi connectivity index (χ3v) is 4.16. The van der Waals surface area contributed by atoms with Crippen molar-refractivity contribution in [2.75, 3.05) is 0 Å². The van der Waals surface area contributed by atoms with Crippen molar-refractivity contribution in [3.8, 4) is 11.1 Å². The molecule has 2 aromatic heterocycles. The summed E-state index contributed by atoms with van der Waals surface area (Å²) in [6.07, 6.45) is 1.93. The van der Waals surface area contributed by atoms with Crippen LogP contribution in [0.3, 0.4) is 0 Å². The minimum atomic E-state index is 0.110. The van der Waals surface area contributed by atoms with Crippen LogP contribution in [0.2, 0.25) is 0 Å². The summed E-state index contributed by atoms with van der Waals surface area (Å²) in [5, 5.41) is 3.34. The van der Waals surface area contributed by atoms with Gasteiger partial charge in [-0.05, 0) is 25.3 Å². The number of carbonyl (C=O) groups is 1. The van der Waals surface area contributed by atoms with Crippen LogP contribution in [0.1, 0.15) is 23.0 Å². The van der Waals surface area contributed by atoms with Crippen molar-refractivity contribution in [3.63, 3.8) is 0 Å². The predicted octanol–water partition coefficient (Wildman–Crippen LogP) is 4.41. The normalized spacial score (nSPS) is 11.0. The number of aromatic nitrogens is 1. The summed E-state index contributed by atoms with van der Waals surface area (Å²) in [5.74, 6) is 0.110. The number of H-pyrrole nitrogens is 1. The van der Waals surface area contributed by atoms with Crippen LogP contribution in [0.15, 0.2) is 35.8 Å². The van der Waals surface area contributed by atoms with Crippen LogP contribution in [0.4, 0.5) is 0 Å². The van der Waals surface area contributed by atoms with E-state index in [4.69, 9.17) is 0 Å². The second-order valence-electron chi connectivity index (χ2n) is 4.40. The fraction of sp³-hybridized carbons (Fsp3) is 0.133. The summed E-state index contributed by atoms with van der Waals surface area (Å²) in [4.78, 5) is 14.9. The second kappa shape index (κ2) is 4.10. The van der Waals surface area contributed by atoms with Gasteiger partial charge in [-0.3, -0.25) is 4.79 Å². The van der Waals surface area contributed by atoms with Crippen molar-refractivity contribution in [3.05, 3.63) is 47.1 Å². The Kier molecular flexibility index (Phi) is 2.56. The molecule has 90 valence electrons. The van der Waals surface area contributed by atoms with Crippen molar-refractivity contribution in [1.82, 2.24) is 4.98 Å². The molecule has 1 N–H and O–H groups in total. The molecule has 3 rings (SSSR count). The molecule has 2 nitrogen and oxygen atoms in total. The number of aryl methyl sites for hydroxylation is 1. The molecule has 0 unspecified atom stereocenters. The fourth-order valence-electron chi connectivity index (χ4n) is 2.38. The van der Waals surface area contributed by atoms with E-state index < -0.39 is 0 Å². The zero-order valence-corrected chi connectivity index (χ0v) is 11.1. The number of aromatic amines is 1. The molecule has 0 saturated heterocycles. The van der Waals surface area contributed by atoms with E-state index in [1.165, 1.54) is 10.1 Å². The fourth-order valence-corrected chi connectivity index (χ4v) is 3.34. The van der Waals surface area contributed by atoms with E-state index in [-0.39, 0.29) is 5.78 Å². The van der Waals surface area contributed by atoms with E-state index in [9.17, 15) is 4.79 Å². The van der Waals surface area contributed by atoms with Gasteiger partial charge in [0.1, 0.15) is 0 Å². The SMILES string of the molecule is CC(=O)c1c(-c2csc3ccccc23)c[nH]c1C. The topological polar surface area (TPSA) is 32.9 Å². The maximum Gasteiger partial charge on any atom is 0.162 e. The third-order valence-electron chi connectivity index (χ3n) is 3.20. The van der Waals surface area contributed by atoms with Gasteiger partial charge in [0.25, 0.3) is 0 Å². The quantitative estimate of drug-likeness (QED) is 0.676. The zero-order valence-electron chi connectivity index (χ0n) is 10.3. The molecule has 0 spiro atoms. The first kappa shape index (κ1) is 11.2. The highest BCUT2D eigenvalue weighted by atomic mass is 32.1. The third kappa shape index (κ3) is 1.59. The monoisotopic (exact) mass is 255 g/mol. The average molecular weight is 255 g/mol. The summed E-state index contributed by atoms with van der Waals surface area (Å²) >= 11 is 1.71. The molecule has 0 aliphatic carbocycles. The smallest absolute Gasteiger partial charge is 0.162 e. The van der Waals surface area contributed by atoms with Crippen molar-refractivity contribution in [1.29, 1.82) is 0 Å². The Labute approximate surface area is 109 Å². The van der Waals surface area contributed by atoms with Gasteiger partial charge in [0, 0.05) is 38.7 Å². The van der Waals surface area contributed by atoms with E-state index in [1.807, 2.05) is 25.3 Å². The van der Waals surface area contributed by atoms with Gasteiger partial charge in [-0.25, -0.2) is 0 Å². The van der Waals surface area contributed by atoms with E-state index in [0.29, 0.717) is 0 Å². The van der Waals surface area contributed by atoms with Crippen LogP contribution in [-0.4, -0.2) is 10.8 Å². The number of fused-ring (bicyclic) bond motifs is 1. The minimum Gasteiger partial charge on any atom is -0.364 e. The summed E-state index contributed by atoms with van der Waals surface area (Å²) in [6, 6.07) is 8.28. The lowest BCUT2D eigenvalue weighted by molar-refractivity contribution is 0.101. The number of thiophene rings is 1. The van der Waals surface area contributed by atoms with Crippen molar-refractivity contribution >= 4 is 27.2 Å². The van der Waals surface area contributed by atoms with Gasteiger partial charge in [-0.15, -0.1) is 11.3 Å². The lowest BCUT2D eigenvalue weighted by atomic mass is 10.0. The Balaban J connectivity index is 2.30. The van der Waals surface area contributed by atoms with Gasteiger partial charge < -0.3 is 4.98 Å². The molecular weight excluding hydrogens is 242 g/mol. The number of carbonyl (C=O) groups excluding carboxylic acids is 1. The van der Waals surface area contributed by atoms with Crippen LogP contribution < -0.4 is 0 Å². The van der Waals surface area contributed by atoms with Gasteiger partial charge in [0.05, 0.1) is 0 Å². The summed E-state index contributed by atoms with van der Waals surface area (Å²) < 4.78 is 1.25. The Morgan fingerprint density at radius 3 is 2.78 bits per heavy atom. The molecule has 0 bridgehead atoms. The molecule has 0 aliphatic heterocycles. The summed E-state index contributed by atoms with van der Waals surface area (Å²) in [5.41, 5.74) is 3.90. The highest BCUT2D eigenvalue weighted by Gasteiger charge is 2.16. The van der Waals surface area contributed by atoms with Crippen LogP contribution in [-0.2, 0) is 0 Å². The molecule has 1 aromatic carbocycles. The maximum atomic E-state index is 11.8. The first-order valence-electron chi connectivity index (χ1n) is 5.84. The van der Waals surface area contributed by atoms with Gasteiger partial charge in [0.15, 0.2) is 5.78 Å². The molecule has 0 saturated carbocycles. The zero-order chi connectivity index (χ0) is 12.7. The number of ketones is 1. The number of benzene rings is 1. The minimum absolute atomic E-state index is 0.110. The molecule has 3 aromatic rings. The largest absolute Gasteiger partial charge is 0.364 e. The number of nitrogens with one attached hydrogen (secondary N) is 1. The van der Waals surface area contributed by atoms with Gasteiger partial charge in [-0.1, -0.05) is 18.2 Å². The highest BCUT2D eigenvalue weighted by Crippen LogP contribution is 2.36. The van der Waals surface area contributed by atoms with Crippen LogP contribution >= 0.6 is 11.3 Å². The van der Waals surface area contributed by atoms with Crippen LogP contribution in [0, 0.1) is 6.92 Å². The Morgan fingerprint density at radius 2 is 2.00 bits per heavy atom. The summed E-state index contributed by atoms with van der Waals surface area (Å²) in [6.45, 7) is 3.56. The summed E-state index contributed by atoms with van der Waals surface area (Å²) in [7, 11) is 0. The first-order valence-corrected chi connectivity index (χ1v) is 6.72. The van der Waals surface area contributed by atoms with E-state index >= 15 is 0 Å². The number of hydrogen-bond acceptors (Lipinski definition) is 2. The molecule has 0 aliphatic rings. The van der Waals surface area contributed by atoms with E-state index in [1.54, 1.807) is 18.3 Å². The van der Waals surface area contributed by atoms with Gasteiger partial charge >= 0.3 is 0 Å². The molecular formula is C15H13NOS. The molecule has 3 heteroatoms. The Morgan fingerprint density at radius 1 is 1.22 bits per heavy atom. The highest BCUT2D eigenvalue weighted by molar-refractivity contribution is 7.17. The van der Waals surface area contributed by atoms with Gasteiger partial charge in [-0.2, -0.15) is 0 Å². The number of rotatable bonds is 2. The Hall–Kier alpha value is -1.87. The second-order valence-corrected chi connectivity index (χ2v) is 5.32. The van der Waals surface area contributed by atoms with Crippen LogP contribution in [0.5, 0.6) is 0 Å². The van der Waals surface area contributed by atoms with Crippen molar-refractivity contribution < 1.29 is 4.79 Å². The number of hydrogen-bond donors (Lipinski definition) is 1. The first-order chi connectivity index (χ1) is 8.68. The molecule has 0 radical (unpaired) electrons. The van der Waals surface area contributed by atoms with Gasteiger partial charge in [0.2, 0.25) is 0 Å². The molecule has 0 atom stereocenters. The Bertz CT molecular complexity index is 736. The molecule has 2 heterocycles. The lowest BCUT2D eigenvalue weighted by Gasteiger charge is -2.01. The average Bonchev–Trinajstić information content (AvgIpc) is 2.92. The van der Waals surface area contributed by atoms with E-state index in [2.05, 4.69) is 22.5 Å².